The fourth-order valence-corrected chi connectivity index (χ4v) is 1.06. The van der Waals surface area contributed by atoms with E-state index in [1.807, 2.05) is 0 Å². The Morgan fingerprint density at radius 3 is 3.07 bits per heavy atom. The smallest absolute Gasteiger partial charge is 0.412 e. The summed E-state index contributed by atoms with van der Waals surface area (Å²) in [5, 5.41) is 12.1. The summed E-state index contributed by atoms with van der Waals surface area (Å²) in [6.07, 6.45) is 0.768. The van der Waals surface area contributed by atoms with Gasteiger partial charge >= 0.3 is 6.09 Å². The van der Waals surface area contributed by atoms with Crippen molar-refractivity contribution in [2.75, 3.05) is 11.9 Å². The number of phenolic OH excluding ortho intramolecular Hbond substituents is 1. The van der Waals surface area contributed by atoms with Gasteiger partial charge in [0.1, 0.15) is 12.4 Å². The number of hydrogen-bond donors (Lipinski definition) is 2. The minimum Gasteiger partial charge on any atom is -0.506 e. The Morgan fingerprint density at radius 1 is 1.67 bits per heavy atom. The van der Waals surface area contributed by atoms with Crippen LogP contribution >= 0.6 is 11.6 Å². The topological polar surface area (TPSA) is 58.6 Å². The fourth-order valence-electron chi connectivity index (χ4n) is 0.889. The Balaban J connectivity index is 2.67. The van der Waals surface area contributed by atoms with Gasteiger partial charge in [0.25, 0.3) is 0 Å². The lowest BCUT2D eigenvalue weighted by Gasteiger charge is -2.07. The van der Waals surface area contributed by atoms with E-state index in [1.54, 1.807) is 0 Å². The second-order valence-electron chi connectivity index (χ2n) is 2.67. The number of carbonyl (C=O) groups is 1. The molecular formula is C10H10ClNO3. The van der Waals surface area contributed by atoms with Crippen molar-refractivity contribution < 1.29 is 14.6 Å². The van der Waals surface area contributed by atoms with Crippen LogP contribution in [0.15, 0.2) is 30.9 Å². The van der Waals surface area contributed by atoms with Crippen LogP contribution in [0, 0.1) is 0 Å². The Kier molecular flexibility index (Phi) is 4.00. The number of nitrogens with one attached hydrogen (secondary N) is 1. The highest BCUT2D eigenvalue weighted by atomic mass is 35.5. The Hall–Kier alpha value is -1.68. The molecule has 4 nitrogen and oxygen atoms in total. The average molecular weight is 228 g/mol. The van der Waals surface area contributed by atoms with Crippen molar-refractivity contribution in [1.29, 1.82) is 0 Å². The van der Waals surface area contributed by atoms with Crippen LogP contribution in [-0.2, 0) is 4.74 Å². The van der Waals surface area contributed by atoms with Crippen LogP contribution in [-0.4, -0.2) is 17.8 Å². The van der Waals surface area contributed by atoms with E-state index in [9.17, 15) is 9.90 Å². The number of benzene rings is 1. The number of halogens is 1. The monoisotopic (exact) mass is 227 g/mol. The quantitative estimate of drug-likeness (QED) is 0.617. The van der Waals surface area contributed by atoms with Crippen molar-refractivity contribution in [2.45, 2.75) is 0 Å². The van der Waals surface area contributed by atoms with E-state index in [0.29, 0.717) is 5.02 Å². The number of hydrogen-bond acceptors (Lipinski definition) is 3. The summed E-state index contributed by atoms with van der Waals surface area (Å²) in [5.74, 6) is -0.0741. The van der Waals surface area contributed by atoms with E-state index in [4.69, 9.17) is 11.6 Å². The number of phenols is 1. The summed E-state index contributed by atoms with van der Waals surface area (Å²) >= 11 is 5.69. The molecule has 0 aliphatic rings. The number of aromatic hydroxyl groups is 1. The molecule has 0 fully saturated rings. The van der Waals surface area contributed by atoms with Gasteiger partial charge in [0.2, 0.25) is 0 Å². The van der Waals surface area contributed by atoms with E-state index in [0.717, 1.165) is 0 Å². The molecule has 0 aromatic heterocycles. The summed E-state index contributed by atoms with van der Waals surface area (Å²) in [5.41, 5.74) is 0.205. The molecule has 1 amide bonds. The van der Waals surface area contributed by atoms with Crippen molar-refractivity contribution in [2.24, 2.45) is 0 Å². The van der Waals surface area contributed by atoms with Crippen molar-refractivity contribution in [3.8, 4) is 5.75 Å². The number of rotatable bonds is 3. The normalized spacial score (nSPS) is 9.40. The summed E-state index contributed by atoms with van der Waals surface area (Å²) in [6.45, 7) is 3.50. The van der Waals surface area contributed by atoms with E-state index >= 15 is 0 Å². The Labute approximate surface area is 92.1 Å². The van der Waals surface area contributed by atoms with Gasteiger partial charge in [0.15, 0.2) is 0 Å². The minimum absolute atomic E-state index is 0.0741. The molecule has 2 N–H and O–H groups in total. The first-order chi connectivity index (χ1) is 7.13. The third-order valence-electron chi connectivity index (χ3n) is 1.53. The maximum absolute atomic E-state index is 11.1. The molecular weight excluding hydrogens is 218 g/mol. The lowest BCUT2D eigenvalue weighted by atomic mass is 10.3. The average Bonchev–Trinajstić information content (AvgIpc) is 2.20. The van der Waals surface area contributed by atoms with Gasteiger partial charge in [-0.25, -0.2) is 4.79 Å². The van der Waals surface area contributed by atoms with E-state index < -0.39 is 6.09 Å². The van der Waals surface area contributed by atoms with Gasteiger partial charge in [-0.3, -0.25) is 5.32 Å². The molecule has 0 unspecified atom stereocenters. The number of anilines is 1. The number of amides is 1. The molecule has 1 aromatic rings. The van der Waals surface area contributed by atoms with Gasteiger partial charge in [-0.05, 0) is 18.2 Å². The predicted molar refractivity (Wildman–Crippen MR) is 58.3 cm³/mol. The predicted octanol–water partition coefficient (Wildman–Crippen LogP) is 2.78. The molecule has 0 saturated heterocycles. The van der Waals surface area contributed by atoms with Crippen molar-refractivity contribution in [1.82, 2.24) is 0 Å². The van der Waals surface area contributed by atoms with Crippen LogP contribution in [0.4, 0.5) is 10.5 Å². The minimum atomic E-state index is -0.674. The molecule has 0 saturated carbocycles. The van der Waals surface area contributed by atoms with Crippen molar-refractivity contribution >= 4 is 23.4 Å². The van der Waals surface area contributed by atoms with Gasteiger partial charge in [-0.2, -0.15) is 0 Å². The standard InChI is InChI=1S/C10H10ClNO3/c1-2-5-15-10(14)12-8-6-7(11)3-4-9(8)13/h2-4,6,13H,1,5H2,(H,12,14). The summed E-state index contributed by atoms with van der Waals surface area (Å²) in [4.78, 5) is 11.1. The maximum Gasteiger partial charge on any atom is 0.412 e. The van der Waals surface area contributed by atoms with Gasteiger partial charge in [0, 0.05) is 5.02 Å². The molecule has 80 valence electrons. The molecule has 0 atom stereocenters. The lowest BCUT2D eigenvalue weighted by Crippen LogP contribution is -2.13. The molecule has 0 spiro atoms. The van der Waals surface area contributed by atoms with Gasteiger partial charge in [-0.15, -0.1) is 0 Å². The molecule has 15 heavy (non-hydrogen) atoms. The number of ether oxygens (including phenoxy) is 1. The second-order valence-corrected chi connectivity index (χ2v) is 3.11. The lowest BCUT2D eigenvalue weighted by molar-refractivity contribution is 0.174. The van der Waals surface area contributed by atoms with Crippen LogP contribution < -0.4 is 5.32 Å². The molecule has 5 heteroatoms. The molecule has 0 aliphatic carbocycles. The van der Waals surface area contributed by atoms with Gasteiger partial charge in [-0.1, -0.05) is 24.3 Å². The van der Waals surface area contributed by atoms with Gasteiger partial charge < -0.3 is 9.84 Å². The maximum atomic E-state index is 11.1. The highest BCUT2D eigenvalue weighted by Crippen LogP contribution is 2.26. The van der Waals surface area contributed by atoms with E-state index in [1.165, 1.54) is 24.3 Å². The SMILES string of the molecule is C=CCOC(=O)Nc1cc(Cl)ccc1O. The van der Waals surface area contributed by atoms with Crippen LogP contribution in [0.2, 0.25) is 5.02 Å². The zero-order valence-corrected chi connectivity index (χ0v) is 8.62. The molecule has 0 heterocycles. The number of carbonyl (C=O) groups excluding carboxylic acids is 1. The third kappa shape index (κ3) is 3.52. The molecule has 1 aromatic carbocycles. The highest BCUT2D eigenvalue weighted by Gasteiger charge is 2.06. The summed E-state index contributed by atoms with van der Waals surface area (Å²) in [7, 11) is 0. The third-order valence-corrected chi connectivity index (χ3v) is 1.76. The van der Waals surface area contributed by atoms with E-state index in [-0.39, 0.29) is 18.0 Å². The summed E-state index contributed by atoms with van der Waals surface area (Å²) in [6, 6.07) is 4.31. The summed E-state index contributed by atoms with van der Waals surface area (Å²) < 4.78 is 4.67. The van der Waals surface area contributed by atoms with E-state index in [2.05, 4.69) is 16.6 Å². The van der Waals surface area contributed by atoms with Crippen LogP contribution in [0.5, 0.6) is 5.75 Å². The first-order valence-electron chi connectivity index (χ1n) is 4.16. The van der Waals surface area contributed by atoms with Gasteiger partial charge in [0.05, 0.1) is 5.69 Å². The van der Waals surface area contributed by atoms with Crippen LogP contribution in [0.25, 0.3) is 0 Å². The molecule has 0 bridgehead atoms. The zero-order chi connectivity index (χ0) is 11.3. The fraction of sp³-hybridized carbons (Fsp3) is 0.100. The highest BCUT2D eigenvalue weighted by molar-refractivity contribution is 6.31. The second kappa shape index (κ2) is 5.26. The molecule has 1 rings (SSSR count). The van der Waals surface area contributed by atoms with Crippen molar-refractivity contribution in [3.05, 3.63) is 35.9 Å². The van der Waals surface area contributed by atoms with Crippen molar-refractivity contribution in [3.63, 3.8) is 0 Å². The zero-order valence-electron chi connectivity index (χ0n) is 7.87. The van der Waals surface area contributed by atoms with Crippen LogP contribution in [0.1, 0.15) is 0 Å². The first kappa shape index (κ1) is 11.4. The molecule has 0 radical (unpaired) electrons. The Bertz CT molecular complexity index is 379. The molecule has 0 aliphatic heterocycles. The van der Waals surface area contributed by atoms with Crippen LogP contribution in [0.3, 0.4) is 0 Å². The largest absolute Gasteiger partial charge is 0.506 e. The Morgan fingerprint density at radius 2 is 2.40 bits per heavy atom. The first-order valence-corrected chi connectivity index (χ1v) is 4.54.